The van der Waals surface area contributed by atoms with Crippen molar-refractivity contribution in [3.63, 3.8) is 0 Å². The number of amides is 2. The van der Waals surface area contributed by atoms with Crippen LogP contribution in [0.3, 0.4) is 0 Å². The Morgan fingerprint density at radius 1 is 1.22 bits per heavy atom. The summed E-state index contributed by atoms with van der Waals surface area (Å²) in [5, 5.41) is 6.00. The largest absolute Gasteiger partial charge is 0.352 e. The summed E-state index contributed by atoms with van der Waals surface area (Å²) >= 11 is 0. The van der Waals surface area contributed by atoms with Crippen molar-refractivity contribution in [2.24, 2.45) is 0 Å². The van der Waals surface area contributed by atoms with Gasteiger partial charge in [0.1, 0.15) is 0 Å². The van der Waals surface area contributed by atoms with Gasteiger partial charge in [-0.2, -0.15) is 0 Å². The number of nitrogens with zero attached hydrogens (tertiary/aromatic N) is 1. The Kier molecular flexibility index (Phi) is 8.37. The smallest absolute Gasteiger partial charge is 0.237 e. The second-order valence-corrected chi connectivity index (χ2v) is 4.91. The predicted octanol–water partition coefficient (Wildman–Crippen LogP) is 0.748. The first-order chi connectivity index (χ1) is 8.38. The van der Waals surface area contributed by atoms with Crippen LogP contribution in [0.25, 0.3) is 0 Å². The third-order valence-corrected chi connectivity index (χ3v) is 2.79. The second-order valence-electron chi connectivity index (χ2n) is 4.91. The van der Waals surface area contributed by atoms with Crippen LogP contribution in [0.1, 0.15) is 40.0 Å². The predicted molar refractivity (Wildman–Crippen MR) is 73.3 cm³/mol. The van der Waals surface area contributed by atoms with Crippen LogP contribution >= 0.6 is 0 Å². The molecule has 2 unspecified atom stereocenters. The van der Waals surface area contributed by atoms with Crippen molar-refractivity contribution in [1.82, 2.24) is 15.5 Å². The van der Waals surface area contributed by atoms with Gasteiger partial charge in [-0.05, 0) is 20.3 Å². The average molecular weight is 257 g/mol. The zero-order chi connectivity index (χ0) is 14.1. The molecule has 0 rings (SSSR count). The van der Waals surface area contributed by atoms with Crippen LogP contribution < -0.4 is 10.6 Å². The van der Waals surface area contributed by atoms with E-state index in [1.54, 1.807) is 19.0 Å². The lowest BCUT2D eigenvalue weighted by molar-refractivity contribution is -0.129. The van der Waals surface area contributed by atoms with Gasteiger partial charge in [0.15, 0.2) is 0 Å². The molecule has 0 radical (unpaired) electrons. The van der Waals surface area contributed by atoms with Gasteiger partial charge >= 0.3 is 0 Å². The summed E-state index contributed by atoms with van der Waals surface area (Å²) in [7, 11) is 3.45. The highest BCUT2D eigenvalue weighted by Gasteiger charge is 2.14. The lowest BCUT2D eigenvalue weighted by atomic mass is 10.2. The molecule has 0 aliphatic rings. The fraction of sp³-hybridized carbons (Fsp3) is 0.846. The molecule has 0 bridgehead atoms. The molecule has 106 valence electrons. The molecule has 2 amide bonds. The van der Waals surface area contributed by atoms with Gasteiger partial charge in [-0.1, -0.05) is 13.3 Å². The summed E-state index contributed by atoms with van der Waals surface area (Å²) in [6.45, 7) is 6.43. The maximum atomic E-state index is 11.8. The van der Waals surface area contributed by atoms with E-state index in [0.717, 1.165) is 12.8 Å². The molecular weight excluding hydrogens is 230 g/mol. The summed E-state index contributed by atoms with van der Waals surface area (Å²) in [4.78, 5) is 24.7. The van der Waals surface area contributed by atoms with Crippen LogP contribution in [0.15, 0.2) is 0 Å². The third kappa shape index (κ3) is 7.27. The number of hydrogen-bond donors (Lipinski definition) is 2. The normalized spacial score (nSPS) is 13.8. The molecule has 0 aromatic carbocycles. The van der Waals surface area contributed by atoms with Crippen molar-refractivity contribution < 1.29 is 9.59 Å². The van der Waals surface area contributed by atoms with Gasteiger partial charge in [0.05, 0.1) is 6.04 Å². The number of nitrogens with one attached hydrogen (secondary N) is 2. The number of hydrogen-bond acceptors (Lipinski definition) is 3. The Bertz CT molecular complexity index is 267. The Morgan fingerprint density at radius 2 is 1.83 bits per heavy atom. The van der Waals surface area contributed by atoms with Crippen molar-refractivity contribution >= 4 is 11.8 Å². The monoisotopic (exact) mass is 257 g/mol. The quantitative estimate of drug-likeness (QED) is 0.674. The molecule has 0 aliphatic carbocycles. The van der Waals surface area contributed by atoms with E-state index >= 15 is 0 Å². The van der Waals surface area contributed by atoms with Crippen molar-refractivity contribution in [2.45, 2.75) is 52.1 Å². The summed E-state index contributed by atoms with van der Waals surface area (Å²) in [5.74, 6) is 0.0581. The zero-order valence-electron chi connectivity index (χ0n) is 12.2. The van der Waals surface area contributed by atoms with Crippen molar-refractivity contribution in [2.75, 3.05) is 20.6 Å². The Morgan fingerprint density at radius 3 is 2.33 bits per heavy atom. The van der Waals surface area contributed by atoms with E-state index in [4.69, 9.17) is 0 Å². The minimum Gasteiger partial charge on any atom is -0.352 e. The molecule has 18 heavy (non-hydrogen) atoms. The molecule has 0 aromatic heterocycles. The van der Waals surface area contributed by atoms with Gasteiger partial charge in [-0.25, -0.2) is 0 Å². The van der Waals surface area contributed by atoms with Gasteiger partial charge in [0.25, 0.3) is 0 Å². The molecule has 5 nitrogen and oxygen atoms in total. The minimum absolute atomic E-state index is 0.00625. The van der Waals surface area contributed by atoms with Crippen LogP contribution in [0.5, 0.6) is 0 Å². The Balaban J connectivity index is 3.84. The highest BCUT2D eigenvalue weighted by molar-refractivity contribution is 5.81. The van der Waals surface area contributed by atoms with Crippen LogP contribution in [-0.2, 0) is 9.59 Å². The molecule has 0 aliphatic heterocycles. The summed E-state index contributed by atoms with van der Waals surface area (Å²) in [6, 6.07) is -0.0607. The van der Waals surface area contributed by atoms with Crippen molar-refractivity contribution in [3.05, 3.63) is 0 Å². The van der Waals surface area contributed by atoms with Crippen LogP contribution in [0.4, 0.5) is 0 Å². The summed E-state index contributed by atoms with van der Waals surface area (Å²) in [6.07, 6.45) is 2.45. The van der Waals surface area contributed by atoms with Gasteiger partial charge in [-0.3, -0.25) is 9.59 Å². The second kappa shape index (κ2) is 8.91. The lowest BCUT2D eigenvalue weighted by Crippen LogP contribution is -2.46. The fourth-order valence-corrected chi connectivity index (χ4v) is 1.58. The van der Waals surface area contributed by atoms with Gasteiger partial charge in [0, 0.05) is 33.1 Å². The van der Waals surface area contributed by atoms with Crippen LogP contribution in [0, 0.1) is 0 Å². The first-order valence-corrected chi connectivity index (χ1v) is 6.62. The summed E-state index contributed by atoms with van der Waals surface area (Å²) in [5.41, 5.74) is 0. The highest BCUT2D eigenvalue weighted by atomic mass is 16.2. The van der Waals surface area contributed by atoms with E-state index in [0.29, 0.717) is 13.0 Å². The Hall–Kier alpha value is -1.10. The Labute approximate surface area is 110 Å². The van der Waals surface area contributed by atoms with Crippen LogP contribution in [-0.4, -0.2) is 49.4 Å². The fourth-order valence-electron chi connectivity index (χ4n) is 1.58. The van der Waals surface area contributed by atoms with Gasteiger partial charge in [0.2, 0.25) is 11.8 Å². The third-order valence-electron chi connectivity index (χ3n) is 2.79. The maximum Gasteiger partial charge on any atom is 0.237 e. The van der Waals surface area contributed by atoms with E-state index in [1.807, 2.05) is 13.8 Å². The molecule has 2 atom stereocenters. The lowest BCUT2D eigenvalue weighted by Gasteiger charge is -2.18. The molecular formula is C13H27N3O2. The minimum atomic E-state index is -0.265. The van der Waals surface area contributed by atoms with E-state index in [1.165, 1.54) is 0 Å². The first-order valence-electron chi connectivity index (χ1n) is 6.62. The van der Waals surface area contributed by atoms with Crippen molar-refractivity contribution in [1.29, 1.82) is 0 Å². The summed E-state index contributed by atoms with van der Waals surface area (Å²) < 4.78 is 0. The maximum absolute atomic E-state index is 11.8. The number of carbonyl (C=O) groups excluding carboxylic acids is 2. The molecule has 0 saturated carbocycles. The van der Waals surface area contributed by atoms with Crippen molar-refractivity contribution in [3.8, 4) is 0 Å². The molecule has 0 fully saturated rings. The molecule has 2 N–H and O–H groups in total. The first kappa shape index (κ1) is 16.9. The molecule has 0 saturated heterocycles. The molecule has 0 aromatic rings. The van der Waals surface area contributed by atoms with E-state index in [2.05, 4.69) is 17.6 Å². The highest BCUT2D eigenvalue weighted by Crippen LogP contribution is 1.96. The zero-order valence-corrected chi connectivity index (χ0v) is 12.2. The standard InChI is InChI=1S/C13H27N3O2/c1-6-7-10(2)15-13(18)11(3)14-9-8-12(17)16(4)5/h10-11,14H,6-9H2,1-5H3,(H,15,18). The van der Waals surface area contributed by atoms with E-state index < -0.39 is 0 Å². The molecule has 5 heteroatoms. The average Bonchev–Trinajstić information content (AvgIpc) is 2.28. The van der Waals surface area contributed by atoms with E-state index in [-0.39, 0.29) is 23.9 Å². The number of carbonyl (C=O) groups is 2. The van der Waals surface area contributed by atoms with E-state index in [9.17, 15) is 9.59 Å². The molecule has 0 spiro atoms. The van der Waals surface area contributed by atoms with Gasteiger partial charge in [-0.15, -0.1) is 0 Å². The number of rotatable bonds is 8. The topological polar surface area (TPSA) is 61.4 Å². The SMILES string of the molecule is CCCC(C)NC(=O)C(C)NCCC(=O)N(C)C. The van der Waals surface area contributed by atoms with Crippen LogP contribution in [0.2, 0.25) is 0 Å². The molecule has 0 heterocycles. The van der Waals surface area contributed by atoms with Gasteiger partial charge < -0.3 is 15.5 Å².